The number of pyridine rings is 1. The summed E-state index contributed by atoms with van der Waals surface area (Å²) >= 11 is 0. The molecule has 0 saturated carbocycles. The van der Waals surface area contributed by atoms with Crippen molar-refractivity contribution in [2.45, 2.75) is 34.1 Å². The average molecular weight is 440 g/mol. The van der Waals surface area contributed by atoms with Crippen LogP contribution in [-0.2, 0) is 11.2 Å². The molecule has 1 heterocycles. The summed E-state index contributed by atoms with van der Waals surface area (Å²) in [7, 11) is 0. The first-order valence-corrected chi connectivity index (χ1v) is 10.7. The van der Waals surface area contributed by atoms with Crippen molar-refractivity contribution in [3.8, 4) is 11.1 Å². The van der Waals surface area contributed by atoms with Crippen molar-refractivity contribution in [3.63, 3.8) is 0 Å². The molecule has 0 fully saturated rings. The molecule has 0 saturated heterocycles. The van der Waals surface area contributed by atoms with Crippen LogP contribution in [0.3, 0.4) is 0 Å². The predicted molar refractivity (Wildman–Crippen MR) is 134 cm³/mol. The highest BCUT2D eigenvalue weighted by molar-refractivity contribution is 6.05. The lowest BCUT2D eigenvalue weighted by Gasteiger charge is -2.14. The summed E-state index contributed by atoms with van der Waals surface area (Å²) < 4.78 is 0. The third-order valence-corrected chi connectivity index (χ3v) is 4.88. The van der Waals surface area contributed by atoms with Gasteiger partial charge in [-0.2, -0.15) is 0 Å². The molecule has 0 radical (unpaired) electrons. The number of nitrogens with two attached hydrogens (primary N) is 2. The van der Waals surface area contributed by atoms with E-state index in [1.54, 1.807) is 18.3 Å². The number of benzene rings is 1. The number of carbonyl (C=O) groups is 2. The van der Waals surface area contributed by atoms with Gasteiger partial charge in [-0.05, 0) is 48.4 Å². The number of nitrogens with zero attached hydrogens (tertiary/aromatic N) is 1. The van der Waals surface area contributed by atoms with Gasteiger partial charge in [-0.1, -0.05) is 45.0 Å². The number of aryl methyl sites for hydroxylation is 1. The van der Waals surface area contributed by atoms with Crippen LogP contribution in [0.5, 0.6) is 0 Å². The van der Waals surface area contributed by atoms with E-state index in [4.69, 9.17) is 11.5 Å². The Labute approximate surface area is 193 Å². The minimum Gasteiger partial charge on any atom is -0.404 e. The van der Waals surface area contributed by atoms with E-state index in [9.17, 15) is 9.59 Å². The maximum atomic E-state index is 12.7. The first-order valence-electron chi connectivity index (χ1n) is 10.7. The summed E-state index contributed by atoms with van der Waals surface area (Å²) in [6.07, 6.45) is 5.79. The predicted octanol–water partition coefficient (Wildman–Crippen LogP) is 3.87. The summed E-state index contributed by atoms with van der Waals surface area (Å²) in [6, 6.07) is 9.93. The molecule has 6 N–H and O–H groups in total. The van der Waals surface area contributed by atoms with Crippen LogP contribution < -0.4 is 22.1 Å². The van der Waals surface area contributed by atoms with Crippen LogP contribution >= 0.6 is 0 Å². The summed E-state index contributed by atoms with van der Waals surface area (Å²) in [5.74, 6) is -0.657. The zero-order chi connectivity index (χ0) is 23.7. The van der Waals surface area contributed by atoms with E-state index in [1.807, 2.05) is 32.9 Å². The second kappa shape index (κ2) is 11.8. The molecule has 0 unspecified atom stereocenters. The molecule has 1 aromatic carbocycles. The van der Waals surface area contributed by atoms with Gasteiger partial charge in [0.05, 0.1) is 12.2 Å². The molecule has 7 heteroatoms. The van der Waals surface area contributed by atoms with E-state index < -0.39 is 0 Å². The van der Waals surface area contributed by atoms with Crippen molar-refractivity contribution in [2.75, 3.05) is 18.4 Å². The van der Waals surface area contributed by atoms with Gasteiger partial charge in [0.15, 0.2) is 5.78 Å². The van der Waals surface area contributed by atoms with Gasteiger partial charge in [0.2, 0.25) is 5.91 Å². The standard InChI is InChI=1S/C25H33N5O2.2H2/c1-5-18-7-6-8-19(10-18)20-11-22(24(29-13-20)25(32)16(2)3)30-23(31)15-28-14-21(27)9-17(4)12-26;;/h6-13,16,28H,5,14-15,26-27H2,1-4H3,(H,30,31);2*1H/b17-12-,21-9-;;. The van der Waals surface area contributed by atoms with E-state index in [0.29, 0.717) is 17.9 Å². The molecular weight excluding hydrogens is 402 g/mol. The van der Waals surface area contributed by atoms with Crippen LogP contribution in [0, 0.1) is 5.92 Å². The van der Waals surface area contributed by atoms with Gasteiger partial charge in [-0.3, -0.25) is 14.6 Å². The quantitative estimate of drug-likeness (QED) is 0.329. The molecule has 2 rings (SSSR count). The minimum atomic E-state index is -0.289. The van der Waals surface area contributed by atoms with Crippen molar-refractivity contribution in [1.29, 1.82) is 0 Å². The molecule has 0 bridgehead atoms. The Balaban J connectivity index is 0.00000544. The second-order valence-electron chi connectivity index (χ2n) is 7.97. The number of anilines is 1. The Bertz CT molecular complexity index is 1040. The van der Waals surface area contributed by atoms with E-state index in [-0.39, 0.29) is 32.7 Å². The van der Waals surface area contributed by atoms with E-state index >= 15 is 0 Å². The third kappa shape index (κ3) is 7.06. The molecule has 0 spiro atoms. The Morgan fingerprint density at radius 1 is 1.19 bits per heavy atom. The van der Waals surface area contributed by atoms with Gasteiger partial charge < -0.3 is 22.1 Å². The number of allylic oxidation sites excluding steroid dienone is 2. The summed E-state index contributed by atoms with van der Waals surface area (Å²) in [5.41, 5.74) is 16.4. The zero-order valence-electron chi connectivity index (χ0n) is 19.2. The maximum absolute atomic E-state index is 12.7. The first kappa shape index (κ1) is 24.8. The van der Waals surface area contributed by atoms with Gasteiger partial charge in [0.25, 0.3) is 0 Å². The van der Waals surface area contributed by atoms with Crippen molar-refractivity contribution in [2.24, 2.45) is 17.4 Å². The SMILES string of the molecule is CCc1cccc(-c2cnc(C(=O)C(C)C)c(NC(=O)CNC/C(N)=C/C(C)=C\N)c2)c1.[HH].[HH]. The average Bonchev–Trinajstić information content (AvgIpc) is 2.78. The number of carbonyl (C=O) groups excluding carboxylic acids is 2. The Morgan fingerprint density at radius 3 is 2.59 bits per heavy atom. The lowest BCUT2D eigenvalue weighted by molar-refractivity contribution is -0.115. The molecule has 0 aliphatic rings. The van der Waals surface area contributed by atoms with Crippen LogP contribution in [0.25, 0.3) is 11.1 Å². The maximum Gasteiger partial charge on any atom is 0.238 e. The summed E-state index contributed by atoms with van der Waals surface area (Å²) in [5, 5.41) is 5.82. The Hall–Kier alpha value is -3.45. The van der Waals surface area contributed by atoms with E-state index in [0.717, 1.165) is 23.1 Å². The highest BCUT2D eigenvalue weighted by Gasteiger charge is 2.19. The topological polar surface area (TPSA) is 123 Å². The number of Topliss-reactive ketones (excluding diaryl/α,β-unsaturated/α-hetero) is 1. The van der Waals surface area contributed by atoms with Crippen LogP contribution in [0.4, 0.5) is 5.69 Å². The Kier molecular flexibility index (Phi) is 9.16. The van der Waals surface area contributed by atoms with Gasteiger partial charge in [0, 0.05) is 32.8 Å². The van der Waals surface area contributed by atoms with Gasteiger partial charge in [-0.15, -0.1) is 0 Å². The van der Waals surface area contributed by atoms with E-state index in [1.165, 1.54) is 11.8 Å². The number of ketones is 1. The minimum absolute atomic E-state index is 0. The van der Waals surface area contributed by atoms with Gasteiger partial charge >= 0.3 is 0 Å². The highest BCUT2D eigenvalue weighted by atomic mass is 16.2. The molecule has 2 aromatic rings. The third-order valence-electron chi connectivity index (χ3n) is 4.88. The zero-order valence-corrected chi connectivity index (χ0v) is 19.2. The Morgan fingerprint density at radius 2 is 1.94 bits per heavy atom. The molecular formula is C25H37N5O2. The molecule has 1 amide bonds. The van der Waals surface area contributed by atoms with Crippen LogP contribution in [0.15, 0.2) is 60.1 Å². The van der Waals surface area contributed by atoms with Gasteiger partial charge in [-0.25, -0.2) is 0 Å². The fourth-order valence-electron chi connectivity index (χ4n) is 3.06. The fraction of sp³-hybridized carbons (Fsp3) is 0.320. The molecule has 32 heavy (non-hydrogen) atoms. The molecule has 0 atom stereocenters. The van der Waals surface area contributed by atoms with Crippen LogP contribution in [0.2, 0.25) is 0 Å². The first-order chi connectivity index (χ1) is 15.2. The summed E-state index contributed by atoms with van der Waals surface area (Å²) in [6.45, 7) is 7.91. The molecule has 0 aliphatic carbocycles. The lowest BCUT2D eigenvalue weighted by Crippen LogP contribution is -2.31. The van der Waals surface area contributed by atoms with Crippen molar-refractivity contribution in [3.05, 3.63) is 71.3 Å². The second-order valence-corrected chi connectivity index (χ2v) is 7.97. The van der Waals surface area contributed by atoms with Crippen molar-refractivity contribution in [1.82, 2.24) is 10.3 Å². The van der Waals surface area contributed by atoms with Crippen molar-refractivity contribution < 1.29 is 12.4 Å². The number of hydrogen-bond donors (Lipinski definition) is 4. The normalized spacial score (nSPS) is 12.2. The fourth-order valence-corrected chi connectivity index (χ4v) is 3.06. The van der Waals surface area contributed by atoms with Gasteiger partial charge in [0.1, 0.15) is 5.69 Å². The van der Waals surface area contributed by atoms with Crippen LogP contribution in [-0.4, -0.2) is 29.8 Å². The van der Waals surface area contributed by atoms with Crippen LogP contribution in [0.1, 0.15) is 46.6 Å². The number of amides is 1. The molecule has 174 valence electrons. The highest BCUT2D eigenvalue weighted by Crippen LogP contribution is 2.26. The molecule has 1 aromatic heterocycles. The largest absolute Gasteiger partial charge is 0.404 e. The molecule has 0 aliphatic heterocycles. The van der Waals surface area contributed by atoms with Crippen molar-refractivity contribution >= 4 is 17.4 Å². The van der Waals surface area contributed by atoms with E-state index in [2.05, 4.69) is 34.7 Å². The smallest absolute Gasteiger partial charge is 0.238 e. The number of rotatable bonds is 10. The monoisotopic (exact) mass is 439 g/mol. The molecule has 7 nitrogen and oxygen atoms in total. The summed E-state index contributed by atoms with van der Waals surface area (Å²) in [4.78, 5) is 29.6. The number of aromatic nitrogens is 1. The number of hydrogen-bond acceptors (Lipinski definition) is 6. The lowest BCUT2D eigenvalue weighted by atomic mass is 10.00. The number of nitrogens with one attached hydrogen (secondary N) is 2.